The van der Waals surface area contributed by atoms with Gasteiger partial charge >= 0.3 is 0 Å². The smallest absolute Gasteiger partial charge is 0.239 e. The van der Waals surface area contributed by atoms with Crippen molar-refractivity contribution in [3.63, 3.8) is 0 Å². The third kappa shape index (κ3) is 4.35. The maximum atomic E-state index is 11.1. The molecule has 2 amide bonds. The number of nitrogens with one attached hydrogen (secondary N) is 2. The zero-order valence-corrected chi connectivity index (χ0v) is 10.7. The van der Waals surface area contributed by atoms with E-state index in [-0.39, 0.29) is 11.8 Å². The van der Waals surface area contributed by atoms with E-state index in [0.717, 1.165) is 0 Å². The standard InChI is InChI=1S/C11H10Cl2N2O3/c12-4-10(17)14-8-1-7(6-16)2-9(3-8)15-11(18)5-13/h1-3,6H,4-5H2,(H,14,17)(H,15,18). The van der Waals surface area contributed by atoms with Gasteiger partial charge < -0.3 is 10.6 Å². The van der Waals surface area contributed by atoms with E-state index in [1.807, 2.05) is 0 Å². The minimum absolute atomic E-state index is 0.200. The van der Waals surface area contributed by atoms with Crippen LogP contribution in [0.1, 0.15) is 10.4 Å². The molecule has 0 radical (unpaired) electrons. The highest BCUT2D eigenvalue weighted by Gasteiger charge is 2.06. The molecule has 0 aliphatic rings. The average Bonchev–Trinajstić information content (AvgIpc) is 2.37. The largest absolute Gasteiger partial charge is 0.325 e. The second kappa shape index (κ2) is 6.98. The fourth-order valence-corrected chi connectivity index (χ4v) is 1.39. The molecule has 0 atom stereocenters. The van der Waals surface area contributed by atoms with E-state index in [9.17, 15) is 14.4 Å². The zero-order chi connectivity index (χ0) is 13.5. The molecule has 0 spiro atoms. The molecule has 0 saturated heterocycles. The molecule has 96 valence electrons. The van der Waals surface area contributed by atoms with Gasteiger partial charge in [0.2, 0.25) is 11.8 Å². The first kappa shape index (κ1) is 14.5. The lowest BCUT2D eigenvalue weighted by Gasteiger charge is -2.08. The van der Waals surface area contributed by atoms with Crippen molar-refractivity contribution in [1.82, 2.24) is 0 Å². The van der Waals surface area contributed by atoms with Gasteiger partial charge in [-0.15, -0.1) is 23.2 Å². The van der Waals surface area contributed by atoms with E-state index < -0.39 is 11.8 Å². The summed E-state index contributed by atoms with van der Waals surface area (Å²) in [5.41, 5.74) is 1.05. The Morgan fingerprint density at radius 2 is 1.44 bits per heavy atom. The number of hydrogen-bond acceptors (Lipinski definition) is 3. The van der Waals surface area contributed by atoms with Gasteiger partial charge in [-0.3, -0.25) is 14.4 Å². The molecule has 2 N–H and O–H groups in total. The molecular weight excluding hydrogens is 279 g/mol. The molecule has 1 rings (SSSR count). The quantitative estimate of drug-likeness (QED) is 0.641. The van der Waals surface area contributed by atoms with Crippen molar-refractivity contribution in [3.8, 4) is 0 Å². The molecule has 0 fully saturated rings. The van der Waals surface area contributed by atoms with Gasteiger partial charge in [0.15, 0.2) is 0 Å². The van der Waals surface area contributed by atoms with Crippen LogP contribution in [0.25, 0.3) is 0 Å². The Hall–Kier alpha value is -1.59. The predicted octanol–water partition coefficient (Wildman–Crippen LogP) is 1.85. The first-order valence-electron chi connectivity index (χ1n) is 4.91. The highest BCUT2D eigenvalue weighted by molar-refractivity contribution is 6.29. The molecule has 0 aromatic heterocycles. The summed E-state index contributed by atoms with van der Waals surface area (Å²) in [5.74, 6) is -1.22. The first-order chi connectivity index (χ1) is 8.58. The lowest BCUT2D eigenvalue weighted by atomic mass is 10.2. The number of carbonyl (C=O) groups is 3. The average molecular weight is 289 g/mol. The Morgan fingerprint density at radius 3 is 1.78 bits per heavy atom. The highest BCUT2D eigenvalue weighted by atomic mass is 35.5. The Balaban J connectivity index is 2.97. The van der Waals surface area contributed by atoms with Crippen LogP contribution in [0.5, 0.6) is 0 Å². The van der Waals surface area contributed by atoms with Gasteiger partial charge in [-0.05, 0) is 18.2 Å². The summed E-state index contributed by atoms with van der Waals surface area (Å²) in [7, 11) is 0. The summed E-state index contributed by atoms with van der Waals surface area (Å²) in [6.45, 7) is 0. The van der Waals surface area contributed by atoms with E-state index in [1.165, 1.54) is 18.2 Å². The summed E-state index contributed by atoms with van der Waals surface area (Å²) in [4.78, 5) is 33.0. The van der Waals surface area contributed by atoms with Gasteiger partial charge in [0.05, 0.1) is 0 Å². The van der Waals surface area contributed by atoms with Crippen LogP contribution in [0, 0.1) is 0 Å². The molecule has 1 aromatic rings. The van der Waals surface area contributed by atoms with E-state index in [2.05, 4.69) is 10.6 Å². The SMILES string of the molecule is O=Cc1cc(NC(=O)CCl)cc(NC(=O)CCl)c1. The van der Waals surface area contributed by atoms with Crippen molar-refractivity contribution in [2.24, 2.45) is 0 Å². The number of alkyl halides is 2. The van der Waals surface area contributed by atoms with E-state index in [1.54, 1.807) is 0 Å². The van der Waals surface area contributed by atoms with Crippen molar-refractivity contribution in [2.45, 2.75) is 0 Å². The highest BCUT2D eigenvalue weighted by Crippen LogP contribution is 2.18. The van der Waals surface area contributed by atoms with Gasteiger partial charge in [0.1, 0.15) is 18.0 Å². The third-order valence-electron chi connectivity index (χ3n) is 1.90. The Labute approximate surface area is 113 Å². The van der Waals surface area contributed by atoms with Gasteiger partial charge in [0, 0.05) is 16.9 Å². The van der Waals surface area contributed by atoms with E-state index in [0.29, 0.717) is 23.2 Å². The van der Waals surface area contributed by atoms with Crippen molar-refractivity contribution >= 4 is 52.7 Å². The maximum absolute atomic E-state index is 11.1. The van der Waals surface area contributed by atoms with E-state index >= 15 is 0 Å². The Kier molecular flexibility index (Phi) is 5.61. The number of carbonyl (C=O) groups excluding carboxylic acids is 3. The predicted molar refractivity (Wildman–Crippen MR) is 70.5 cm³/mol. The third-order valence-corrected chi connectivity index (χ3v) is 2.39. The number of amides is 2. The number of benzene rings is 1. The lowest BCUT2D eigenvalue weighted by molar-refractivity contribution is -0.114. The van der Waals surface area contributed by atoms with E-state index in [4.69, 9.17) is 23.2 Å². The fraction of sp³-hybridized carbons (Fsp3) is 0.182. The van der Waals surface area contributed by atoms with Crippen LogP contribution >= 0.6 is 23.2 Å². The van der Waals surface area contributed by atoms with Crippen LogP contribution in [0.2, 0.25) is 0 Å². The molecule has 0 bridgehead atoms. The Morgan fingerprint density at radius 1 is 1.00 bits per heavy atom. The molecule has 0 unspecified atom stereocenters. The molecule has 0 heterocycles. The molecule has 0 aliphatic heterocycles. The second-order valence-corrected chi connectivity index (χ2v) is 3.86. The van der Waals surface area contributed by atoms with Crippen LogP contribution in [0.15, 0.2) is 18.2 Å². The van der Waals surface area contributed by atoms with Crippen molar-refractivity contribution in [1.29, 1.82) is 0 Å². The summed E-state index contributed by atoms with van der Waals surface area (Å²) in [5, 5.41) is 4.97. The van der Waals surface area contributed by atoms with Gasteiger partial charge in [-0.1, -0.05) is 0 Å². The molecule has 0 saturated carbocycles. The van der Waals surface area contributed by atoms with Crippen LogP contribution in [-0.2, 0) is 9.59 Å². The molecule has 18 heavy (non-hydrogen) atoms. The van der Waals surface area contributed by atoms with Crippen molar-refractivity contribution in [3.05, 3.63) is 23.8 Å². The number of anilines is 2. The molecule has 7 heteroatoms. The lowest BCUT2D eigenvalue weighted by Crippen LogP contribution is -2.15. The molecule has 0 aliphatic carbocycles. The first-order valence-corrected chi connectivity index (χ1v) is 5.98. The topological polar surface area (TPSA) is 75.3 Å². The Bertz CT molecular complexity index is 441. The maximum Gasteiger partial charge on any atom is 0.239 e. The molecule has 5 nitrogen and oxygen atoms in total. The minimum Gasteiger partial charge on any atom is -0.325 e. The van der Waals surface area contributed by atoms with Gasteiger partial charge in [0.25, 0.3) is 0 Å². The molecular formula is C11H10Cl2N2O3. The summed E-state index contributed by atoms with van der Waals surface area (Å²) >= 11 is 10.7. The normalized spacial score (nSPS) is 9.67. The fourth-order valence-electron chi connectivity index (χ4n) is 1.25. The van der Waals surface area contributed by atoms with Crippen molar-refractivity contribution < 1.29 is 14.4 Å². The van der Waals surface area contributed by atoms with Crippen LogP contribution < -0.4 is 10.6 Å². The number of rotatable bonds is 5. The summed E-state index contributed by atoms with van der Waals surface area (Å²) in [6.07, 6.45) is 0.604. The van der Waals surface area contributed by atoms with Crippen molar-refractivity contribution in [2.75, 3.05) is 22.4 Å². The number of hydrogen-bond donors (Lipinski definition) is 2. The minimum atomic E-state index is -0.408. The summed E-state index contributed by atoms with van der Waals surface area (Å²) in [6, 6.07) is 4.43. The van der Waals surface area contributed by atoms with Gasteiger partial charge in [-0.25, -0.2) is 0 Å². The monoisotopic (exact) mass is 288 g/mol. The van der Waals surface area contributed by atoms with Crippen LogP contribution in [-0.4, -0.2) is 29.9 Å². The number of aldehydes is 1. The van der Waals surface area contributed by atoms with Crippen LogP contribution in [0.4, 0.5) is 11.4 Å². The number of halogens is 2. The summed E-state index contributed by atoms with van der Waals surface area (Å²) < 4.78 is 0. The van der Waals surface area contributed by atoms with Crippen LogP contribution in [0.3, 0.4) is 0 Å². The molecule has 1 aromatic carbocycles. The van der Waals surface area contributed by atoms with Gasteiger partial charge in [-0.2, -0.15) is 0 Å². The zero-order valence-electron chi connectivity index (χ0n) is 9.20. The second-order valence-electron chi connectivity index (χ2n) is 3.33.